The Hall–Kier alpha value is -2.04. The van der Waals surface area contributed by atoms with Crippen molar-refractivity contribution in [3.8, 4) is 11.5 Å². The van der Waals surface area contributed by atoms with Gasteiger partial charge in [-0.05, 0) is 34.7 Å². The molecule has 0 aliphatic carbocycles. The second-order valence-electron chi connectivity index (χ2n) is 4.70. The number of carbonyl (C=O) groups is 1. The van der Waals surface area contributed by atoms with Crippen LogP contribution in [-0.2, 0) is 6.61 Å². The lowest BCUT2D eigenvalue weighted by atomic mass is 10.2. The summed E-state index contributed by atoms with van der Waals surface area (Å²) in [4.78, 5) is 11.8. The number of methoxy groups -OCH3 is 1. The molecular weight excluding hydrogens is 320 g/mol. The first kappa shape index (κ1) is 14.9. The van der Waals surface area contributed by atoms with E-state index in [9.17, 15) is 4.79 Å². The Morgan fingerprint density at radius 1 is 1.14 bits per heavy atom. The number of carbonyl (C=O) groups excluding carboxylic acids is 1. The van der Waals surface area contributed by atoms with Crippen molar-refractivity contribution in [2.24, 2.45) is 0 Å². The molecule has 2 aromatic carbocycles. The van der Waals surface area contributed by atoms with Gasteiger partial charge in [0, 0.05) is 10.8 Å². The summed E-state index contributed by atoms with van der Waals surface area (Å²) in [7, 11) is 1.59. The van der Waals surface area contributed by atoms with E-state index in [1.54, 1.807) is 13.2 Å². The number of hydrogen-bond donors (Lipinski definition) is 0. The summed E-state index contributed by atoms with van der Waals surface area (Å²) in [6.45, 7) is 0.454. The van der Waals surface area contributed by atoms with E-state index in [1.807, 2.05) is 42.5 Å². The largest absolute Gasteiger partial charge is 0.493 e. The Bertz CT molecular complexity index is 811. The van der Waals surface area contributed by atoms with E-state index in [-0.39, 0.29) is 0 Å². The number of rotatable bonds is 5. The van der Waals surface area contributed by atoms with E-state index in [0.29, 0.717) is 23.0 Å². The Kier molecular flexibility index (Phi) is 4.32. The Balaban J connectivity index is 1.92. The van der Waals surface area contributed by atoms with Gasteiger partial charge in [-0.15, -0.1) is 11.3 Å². The van der Waals surface area contributed by atoms with Crippen LogP contribution in [-0.4, -0.2) is 12.4 Å². The molecule has 1 aromatic heterocycles. The van der Waals surface area contributed by atoms with Gasteiger partial charge in [-0.25, -0.2) is 0 Å². The van der Waals surface area contributed by atoms with Gasteiger partial charge in [-0.1, -0.05) is 30.3 Å². The van der Waals surface area contributed by atoms with E-state index in [4.69, 9.17) is 21.1 Å². The molecule has 0 bridgehead atoms. The maximum atomic E-state index is 11.3. The predicted molar refractivity (Wildman–Crippen MR) is 89.3 cm³/mol. The average Bonchev–Trinajstić information content (AvgIpc) is 2.96. The topological polar surface area (TPSA) is 35.5 Å². The third kappa shape index (κ3) is 3.08. The molecule has 3 rings (SSSR count). The monoisotopic (exact) mass is 332 g/mol. The summed E-state index contributed by atoms with van der Waals surface area (Å²) >= 11 is 6.88. The van der Waals surface area contributed by atoms with Gasteiger partial charge in [0.2, 0.25) is 0 Å². The number of halogens is 1. The van der Waals surface area contributed by atoms with Crippen molar-refractivity contribution in [1.82, 2.24) is 0 Å². The second-order valence-corrected chi connectivity index (χ2v) is 6.13. The van der Waals surface area contributed by atoms with Crippen LogP contribution in [0.3, 0.4) is 0 Å². The first-order valence-electron chi connectivity index (χ1n) is 6.65. The molecule has 0 aliphatic rings. The van der Waals surface area contributed by atoms with E-state index in [1.165, 1.54) is 11.3 Å². The molecule has 112 valence electrons. The molecule has 0 fully saturated rings. The fourth-order valence-corrected chi connectivity index (χ4v) is 3.23. The smallest absolute Gasteiger partial charge is 0.262 e. The number of thiophene rings is 1. The minimum atomic E-state index is -0.452. The number of ether oxygens (including phenoxy) is 2. The summed E-state index contributed by atoms with van der Waals surface area (Å²) in [5.41, 5.74) is 1.08. The first-order chi connectivity index (χ1) is 10.7. The zero-order chi connectivity index (χ0) is 15.5. The fourth-order valence-electron chi connectivity index (χ4n) is 2.15. The predicted octanol–water partition coefficient (Wildman–Crippen LogP) is 4.87. The molecule has 0 unspecified atom stereocenters. The molecule has 0 radical (unpaired) electrons. The summed E-state index contributed by atoms with van der Waals surface area (Å²) in [6, 6.07) is 15.4. The molecule has 3 nitrogen and oxygen atoms in total. The maximum Gasteiger partial charge on any atom is 0.262 e. The zero-order valence-corrected chi connectivity index (χ0v) is 13.4. The molecule has 0 saturated heterocycles. The Morgan fingerprint density at radius 3 is 2.59 bits per heavy atom. The molecule has 0 N–H and O–H groups in total. The van der Waals surface area contributed by atoms with Crippen LogP contribution in [0.25, 0.3) is 10.1 Å². The molecule has 0 amide bonds. The number of benzene rings is 2. The Labute approximate surface area is 137 Å². The van der Waals surface area contributed by atoms with Crippen LogP contribution in [0, 0.1) is 0 Å². The highest BCUT2D eigenvalue weighted by atomic mass is 35.5. The molecular formula is C17H13ClO3S. The van der Waals surface area contributed by atoms with Crippen molar-refractivity contribution in [3.63, 3.8) is 0 Å². The SMILES string of the molecule is COc1cc2cc(C(=O)Cl)sc2cc1OCc1ccccc1. The Morgan fingerprint density at radius 2 is 1.91 bits per heavy atom. The van der Waals surface area contributed by atoms with Crippen molar-refractivity contribution in [2.75, 3.05) is 7.11 Å². The summed E-state index contributed by atoms with van der Waals surface area (Å²) in [5.74, 6) is 1.28. The van der Waals surface area contributed by atoms with Crippen LogP contribution in [0.15, 0.2) is 48.5 Å². The van der Waals surface area contributed by atoms with Crippen molar-refractivity contribution >= 4 is 38.3 Å². The number of hydrogen-bond acceptors (Lipinski definition) is 4. The van der Waals surface area contributed by atoms with Crippen LogP contribution in [0.1, 0.15) is 15.2 Å². The molecule has 0 saturated carbocycles. The quantitative estimate of drug-likeness (QED) is 0.625. The van der Waals surface area contributed by atoms with Crippen LogP contribution < -0.4 is 9.47 Å². The van der Waals surface area contributed by atoms with Crippen molar-refractivity contribution in [2.45, 2.75) is 6.61 Å². The van der Waals surface area contributed by atoms with E-state index in [2.05, 4.69) is 0 Å². The van der Waals surface area contributed by atoms with Gasteiger partial charge < -0.3 is 9.47 Å². The summed E-state index contributed by atoms with van der Waals surface area (Å²) in [5, 5.41) is 0.463. The van der Waals surface area contributed by atoms with Crippen molar-refractivity contribution in [3.05, 3.63) is 59.0 Å². The highest BCUT2D eigenvalue weighted by Crippen LogP contribution is 2.37. The third-order valence-electron chi connectivity index (χ3n) is 3.23. The van der Waals surface area contributed by atoms with Gasteiger partial charge in [-0.2, -0.15) is 0 Å². The minimum Gasteiger partial charge on any atom is -0.493 e. The van der Waals surface area contributed by atoms with Crippen LogP contribution in [0.5, 0.6) is 11.5 Å². The molecule has 0 aliphatic heterocycles. The molecule has 0 atom stereocenters. The van der Waals surface area contributed by atoms with Gasteiger partial charge in [0.15, 0.2) is 11.5 Å². The van der Waals surface area contributed by atoms with Gasteiger partial charge in [0.25, 0.3) is 5.24 Å². The standard InChI is InChI=1S/C17H13ClO3S/c1-20-13-7-12-8-16(17(18)19)22-15(12)9-14(13)21-10-11-5-3-2-4-6-11/h2-9H,10H2,1H3. The molecule has 22 heavy (non-hydrogen) atoms. The van der Waals surface area contributed by atoms with E-state index < -0.39 is 5.24 Å². The summed E-state index contributed by atoms with van der Waals surface area (Å²) < 4.78 is 12.2. The van der Waals surface area contributed by atoms with Crippen LogP contribution >= 0.6 is 22.9 Å². The maximum absolute atomic E-state index is 11.3. The lowest BCUT2D eigenvalue weighted by molar-refractivity contribution is 0.108. The second kappa shape index (κ2) is 6.38. The summed E-state index contributed by atoms with van der Waals surface area (Å²) in [6.07, 6.45) is 0. The average molecular weight is 333 g/mol. The lowest BCUT2D eigenvalue weighted by Crippen LogP contribution is -1.97. The first-order valence-corrected chi connectivity index (χ1v) is 7.85. The van der Waals surface area contributed by atoms with Gasteiger partial charge in [0.05, 0.1) is 12.0 Å². The van der Waals surface area contributed by atoms with Gasteiger partial charge in [-0.3, -0.25) is 4.79 Å². The minimum absolute atomic E-state index is 0.452. The van der Waals surface area contributed by atoms with E-state index >= 15 is 0 Å². The van der Waals surface area contributed by atoms with E-state index in [0.717, 1.165) is 15.6 Å². The van der Waals surface area contributed by atoms with Crippen LogP contribution in [0.2, 0.25) is 0 Å². The van der Waals surface area contributed by atoms with Gasteiger partial charge >= 0.3 is 0 Å². The highest BCUT2D eigenvalue weighted by molar-refractivity contribution is 7.22. The van der Waals surface area contributed by atoms with Crippen molar-refractivity contribution < 1.29 is 14.3 Å². The zero-order valence-electron chi connectivity index (χ0n) is 11.8. The normalized spacial score (nSPS) is 10.6. The molecule has 3 aromatic rings. The van der Waals surface area contributed by atoms with Gasteiger partial charge in [0.1, 0.15) is 6.61 Å². The number of fused-ring (bicyclic) bond motifs is 1. The molecule has 5 heteroatoms. The third-order valence-corrected chi connectivity index (χ3v) is 4.65. The lowest BCUT2D eigenvalue weighted by Gasteiger charge is -2.11. The molecule has 0 spiro atoms. The highest BCUT2D eigenvalue weighted by Gasteiger charge is 2.12. The van der Waals surface area contributed by atoms with Crippen molar-refractivity contribution in [1.29, 1.82) is 0 Å². The fraction of sp³-hybridized carbons (Fsp3) is 0.118. The van der Waals surface area contributed by atoms with Crippen LogP contribution in [0.4, 0.5) is 0 Å². The molecule has 1 heterocycles.